The molecule has 136 valence electrons. The number of hydrogen-bond donors (Lipinski definition) is 1. The lowest BCUT2D eigenvalue weighted by atomic mass is 10.0. The molecule has 2 aromatic heterocycles. The van der Waals surface area contributed by atoms with Crippen LogP contribution >= 0.6 is 38.9 Å². The number of aromatic nitrogens is 2. The number of benzene rings is 2. The monoisotopic (exact) mass is 457 g/mol. The highest BCUT2D eigenvalue weighted by Gasteiger charge is 2.18. The molecule has 0 radical (unpaired) electrons. The molecule has 0 fully saturated rings. The van der Waals surface area contributed by atoms with Crippen molar-refractivity contribution in [3.05, 3.63) is 68.7 Å². The van der Waals surface area contributed by atoms with E-state index < -0.39 is 0 Å². The van der Waals surface area contributed by atoms with E-state index in [0.717, 1.165) is 38.2 Å². The Kier molecular flexibility index (Phi) is 5.17. The van der Waals surface area contributed by atoms with Crippen LogP contribution in [0.3, 0.4) is 0 Å². The van der Waals surface area contributed by atoms with Crippen LogP contribution in [0, 0.1) is 6.92 Å². The summed E-state index contributed by atoms with van der Waals surface area (Å²) in [6, 6.07) is 14.2. The molecule has 2 aromatic carbocycles. The molecule has 2 heterocycles. The summed E-state index contributed by atoms with van der Waals surface area (Å²) < 4.78 is 1.06. The number of anilines is 2. The van der Waals surface area contributed by atoms with E-state index in [1.54, 1.807) is 17.7 Å². The second-order valence-corrected chi connectivity index (χ2v) is 8.68. The summed E-state index contributed by atoms with van der Waals surface area (Å²) in [7, 11) is 0. The number of halogens is 2. The van der Waals surface area contributed by atoms with Gasteiger partial charge in [-0.2, -0.15) is 0 Å². The van der Waals surface area contributed by atoms with E-state index in [1.807, 2.05) is 18.2 Å². The summed E-state index contributed by atoms with van der Waals surface area (Å²) in [5, 5.41) is 5.23. The van der Waals surface area contributed by atoms with Crippen LogP contribution in [-0.2, 0) is 6.42 Å². The molecule has 0 amide bonds. The Morgan fingerprint density at radius 2 is 1.89 bits per heavy atom. The lowest BCUT2D eigenvalue weighted by Gasteiger charge is -2.12. The third-order valence-corrected chi connectivity index (χ3v) is 6.47. The first-order valence-electron chi connectivity index (χ1n) is 8.62. The van der Waals surface area contributed by atoms with Gasteiger partial charge < -0.3 is 5.32 Å². The Balaban J connectivity index is 1.92. The number of fused-ring (bicyclic) bond motifs is 1. The van der Waals surface area contributed by atoms with Crippen LogP contribution in [-0.4, -0.2) is 9.97 Å². The summed E-state index contributed by atoms with van der Waals surface area (Å²) in [4.78, 5) is 11.4. The molecular weight excluding hydrogens is 442 g/mol. The molecule has 27 heavy (non-hydrogen) atoms. The smallest absolute Gasteiger partial charge is 0.143 e. The molecule has 0 bridgehead atoms. The SMILES string of the molecule is CCc1sc2ncnc(Nc3cc(Cl)ccc3C)c2c1-c1ccc(Br)cc1. The minimum Gasteiger partial charge on any atom is -0.339 e. The average molecular weight is 459 g/mol. The molecule has 1 N–H and O–H groups in total. The predicted octanol–water partition coefficient (Wildman–Crippen LogP) is 7.39. The first-order chi connectivity index (χ1) is 13.1. The van der Waals surface area contributed by atoms with Crippen LogP contribution in [0.5, 0.6) is 0 Å². The van der Waals surface area contributed by atoms with Gasteiger partial charge in [0, 0.05) is 25.6 Å². The summed E-state index contributed by atoms with van der Waals surface area (Å²) in [5.74, 6) is 0.805. The lowest BCUT2D eigenvalue weighted by molar-refractivity contribution is 1.19. The van der Waals surface area contributed by atoms with E-state index in [-0.39, 0.29) is 0 Å². The number of hydrogen-bond acceptors (Lipinski definition) is 4. The normalized spacial score (nSPS) is 11.1. The Morgan fingerprint density at radius 1 is 1.11 bits per heavy atom. The molecule has 0 aliphatic heterocycles. The number of aryl methyl sites for hydroxylation is 2. The zero-order valence-corrected chi connectivity index (χ0v) is 18.0. The fourth-order valence-corrected chi connectivity index (χ4v) is 4.64. The van der Waals surface area contributed by atoms with Crippen molar-refractivity contribution >= 4 is 60.6 Å². The van der Waals surface area contributed by atoms with Crippen molar-refractivity contribution < 1.29 is 0 Å². The highest BCUT2D eigenvalue weighted by Crippen LogP contribution is 2.42. The van der Waals surface area contributed by atoms with Gasteiger partial charge in [-0.3, -0.25) is 0 Å². The molecule has 0 atom stereocenters. The first-order valence-corrected chi connectivity index (χ1v) is 10.6. The summed E-state index contributed by atoms with van der Waals surface area (Å²) in [6.07, 6.45) is 2.56. The third kappa shape index (κ3) is 3.59. The van der Waals surface area contributed by atoms with Gasteiger partial charge in [-0.05, 0) is 48.7 Å². The van der Waals surface area contributed by atoms with E-state index in [1.165, 1.54) is 16.0 Å². The van der Waals surface area contributed by atoms with Crippen LogP contribution in [0.1, 0.15) is 17.4 Å². The summed E-state index contributed by atoms with van der Waals surface area (Å²) in [6.45, 7) is 4.23. The number of thiophene rings is 1. The van der Waals surface area contributed by atoms with Gasteiger partial charge in [0.15, 0.2) is 0 Å². The van der Waals surface area contributed by atoms with Crippen molar-refractivity contribution in [2.24, 2.45) is 0 Å². The average Bonchev–Trinajstić information content (AvgIpc) is 3.05. The second kappa shape index (κ2) is 7.58. The van der Waals surface area contributed by atoms with Crippen molar-refractivity contribution in [2.45, 2.75) is 20.3 Å². The van der Waals surface area contributed by atoms with Crippen LogP contribution in [0.15, 0.2) is 53.3 Å². The van der Waals surface area contributed by atoms with Gasteiger partial charge in [-0.15, -0.1) is 11.3 Å². The molecule has 0 aliphatic carbocycles. The quantitative estimate of drug-likeness (QED) is 0.346. The molecule has 3 nitrogen and oxygen atoms in total. The van der Waals surface area contributed by atoms with Crippen molar-refractivity contribution in [1.29, 1.82) is 0 Å². The van der Waals surface area contributed by atoms with Gasteiger partial charge in [0.25, 0.3) is 0 Å². The maximum atomic E-state index is 6.19. The molecule has 4 rings (SSSR count). The van der Waals surface area contributed by atoms with E-state index >= 15 is 0 Å². The van der Waals surface area contributed by atoms with Crippen LogP contribution in [0.25, 0.3) is 21.3 Å². The van der Waals surface area contributed by atoms with Crippen molar-refractivity contribution in [3.8, 4) is 11.1 Å². The highest BCUT2D eigenvalue weighted by atomic mass is 79.9. The standard InChI is InChI=1S/C21H17BrClN3S/c1-3-17-18(13-5-7-14(22)8-6-13)19-20(24-11-25-21(19)27-17)26-16-10-15(23)9-4-12(16)2/h4-11H,3H2,1-2H3,(H,24,25,26). The van der Waals surface area contributed by atoms with Gasteiger partial charge in [0.1, 0.15) is 17.0 Å². The minimum absolute atomic E-state index is 0.695. The summed E-state index contributed by atoms with van der Waals surface area (Å²) >= 11 is 11.4. The van der Waals surface area contributed by atoms with Gasteiger partial charge in [-0.1, -0.05) is 52.7 Å². The second-order valence-electron chi connectivity index (χ2n) is 6.25. The predicted molar refractivity (Wildman–Crippen MR) is 119 cm³/mol. The number of nitrogens with one attached hydrogen (secondary N) is 1. The lowest BCUT2D eigenvalue weighted by Crippen LogP contribution is -1.97. The van der Waals surface area contributed by atoms with Crippen LogP contribution in [0.2, 0.25) is 5.02 Å². The number of rotatable bonds is 4. The Bertz CT molecular complexity index is 1120. The molecule has 0 spiro atoms. The molecule has 4 aromatic rings. The van der Waals surface area contributed by atoms with Gasteiger partial charge in [-0.25, -0.2) is 9.97 Å². The van der Waals surface area contributed by atoms with Gasteiger partial charge >= 0.3 is 0 Å². The van der Waals surface area contributed by atoms with Crippen molar-refractivity contribution in [1.82, 2.24) is 9.97 Å². The van der Waals surface area contributed by atoms with E-state index in [4.69, 9.17) is 11.6 Å². The Hall–Kier alpha value is -1.95. The van der Waals surface area contributed by atoms with E-state index in [0.29, 0.717) is 5.02 Å². The fraction of sp³-hybridized carbons (Fsp3) is 0.143. The number of nitrogens with zero attached hydrogens (tertiary/aromatic N) is 2. The maximum absolute atomic E-state index is 6.19. The maximum Gasteiger partial charge on any atom is 0.143 e. The van der Waals surface area contributed by atoms with E-state index in [9.17, 15) is 0 Å². The fourth-order valence-electron chi connectivity index (χ4n) is 3.10. The van der Waals surface area contributed by atoms with Gasteiger partial charge in [0.05, 0.1) is 5.39 Å². The molecule has 0 unspecified atom stereocenters. The Labute approximate surface area is 175 Å². The zero-order chi connectivity index (χ0) is 19.0. The molecule has 0 aliphatic rings. The van der Waals surface area contributed by atoms with Crippen LogP contribution in [0.4, 0.5) is 11.5 Å². The zero-order valence-electron chi connectivity index (χ0n) is 14.9. The van der Waals surface area contributed by atoms with Crippen molar-refractivity contribution in [3.63, 3.8) is 0 Å². The molecular formula is C21H17BrClN3S. The van der Waals surface area contributed by atoms with E-state index in [2.05, 4.69) is 69.3 Å². The van der Waals surface area contributed by atoms with Crippen molar-refractivity contribution in [2.75, 3.05) is 5.32 Å². The summed E-state index contributed by atoms with van der Waals surface area (Å²) in [5.41, 5.74) is 4.44. The minimum atomic E-state index is 0.695. The topological polar surface area (TPSA) is 37.8 Å². The first kappa shape index (κ1) is 18.4. The molecule has 0 saturated carbocycles. The van der Waals surface area contributed by atoms with Crippen LogP contribution < -0.4 is 5.32 Å². The highest BCUT2D eigenvalue weighted by molar-refractivity contribution is 9.10. The largest absolute Gasteiger partial charge is 0.339 e. The molecule has 0 saturated heterocycles. The Morgan fingerprint density at radius 3 is 2.63 bits per heavy atom. The molecule has 6 heteroatoms. The van der Waals surface area contributed by atoms with Gasteiger partial charge in [0.2, 0.25) is 0 Å². The third-order valence-electron chi connectivity index (χ3n) is 4.47.